The minimum Gasteiger partial charge on any atom is -0.357 e. The van der Waals surface area contributed by atoms with E-state index in [-0.39, 0.29) is 11.7 Å². The number of nitrogens with zero attached hydrogens (tertiary/aromatic N) is 3. The van der Waals surface area contributed by atoms with E-state index in [0.717, 1.165) is 0 Å². The molecule has 7 heteroatoms. The van der Waals surface area contributed by atoms with Crippen molar-refractivity contribution in [2.24, 2.45) is 0 Å². The third kappa shape index (κ3) is 2.65. The van der Waals surface area contributed by atoms with Crippen molar-refractivity contribution < 1.29 is 9.18 Å². The van der Waals surface area contributed by atoms with E-state index in [1.54, 1.807) is 11.9 Å². The molecule has 1 amide bonds. The summed E-state index contributed by atoms with van der Waals surface area (Å²) in [5.41, 5.74) is 0.374. The van der Waals surface area contributed by atoms with E-state index in [9.17, 15) is 9.18 Å². The van der Waals surface area contributed by atoms with E-state index in [0.29, 0.717) is 31.7 Å². The van der Waals surface area contributed by atoms with Crippen molar-refractivity contribution in [3.63, 3.8) is 0 Å². The van der Waals surface area contributed by atoms with Gasteiger partial charge in [0.05, 0.1) is 5.69 Å². The number of aromatic nitrogens is 2. The highest BCUT2D eigenvalue weighted by Crippen LogP contribution is 2.21. The fourth-order valence-corrected chi connectivity index (χ4v) is 2.20. The lowest BCUT2D eigenvalue weighted by atomic mass is 10.1. The highest BCUT2D eigenvalue weighted by atomic mass is 19.1. The maximum Gasteiger partial charge on any atom is 0.243 e. The van der Waals surface area contributed by atoms with E-state index >= 15 is 0 Å². The van der Waals surface area contributed by atoms with E-state index in [1.807, 2.05) is 6.92 Å². The predicted octanol–water partition coefficient (Wildman–Crippen LogP) is -0.298. The number of aryl methyl sites for hydroxylation is 1. The minimum atomic E-state index is -0.451. The maximum absolute atomic E-state index is 14.3. The lowest BCUT2D eigenvalue weighted by Crippen LogP contribution is -2.58. The number of nitrogens with one attached hydrogen (secondary N) is 2. The monoisotopic (exact) mass is 267 g/mol. The molecule has 1 fully saturated rings. The van der Waals surface area contributed by atoms with Crippen molar-refractivity contribution in [3.8, 4) is 0 Å². The van der Waals surface area contributed by atoms with Gasteiger partial charge in [0, 0.05) is 26.7 Å². The second kappa shape index (κ2) is 5.92. The van der Waals surface area contributed by atoms with Crippen LogP contribution in [-0.2, 0) is 11.2 Å². The number of hydrogen-bond acceptors (Lipinski definition) is 5. The summed E-state index contributed by atoms with van der Waals surface area (Å²) in [6, 6.07) is -0.451. The van der Waals surface area contributed by atoms with Crippen LogP contribution in [0.15, 0.2) is 6.33 Å². The fraction of sp³-hybridized carbons (Fsp3) is 0.583. The largest absolute Gasteiger partial charge is 0.357 e. The third-order valence-corrected chi connectivity index (χ3v) is 3.24. The van der Waals surface area contributed by atoms with Gasteiger partial charge in [-0.1, -0.05) is 6.92 Å². The lowest BCUT2D eigenvalue weighted by Gasteiger charge is -2.35. The molecule has 0 aliphatic carbocycles. The highest BCUT2D eigenvalue weighted by Gasteiger charge is 2.31. The second-order valence-corrected chi connectivity index (χ2v) is 4.34. The summed E-state index contributed by atoms with van der Waals surface area (Å²) in [7, 11) is 1.57. The van der Waals surface area contributed by atoms with Gasteiger partial charge in [-0.05, 0) is 6.42 Å². The quantitative estimate of drug-likeness (QED) is 0.787. The Labute approximate surface area is 111 Å². The van der Waals surface area contributed by atoms with Crippen LogP contribution in [0.2, 0.25) is 0 Å². The highest BCUT2D eigenvalue weighted by molar-refractivity contribution is 5.85. The Hall–Kier alpha value is -1.76. The molecular weight excluding hydrogens is 249 g/mol. The zero-order valence-corrected chi connectivity index (χ0v) is 11.1. The molecule has 1 aliphatic rings. The molecule has 0 spiro atoms. The van der Waals surface area contributed by atoms with E-state index in [1.165, 1.54) is 6.33 Å². The first-order valence-electron chi connectivity index (χ1n) is 6.37. The first-order chi connectivity index (χ1) is 9.19. The Kier molecular flexibility index (Phi) is 4.26. The van der Waals surface area contributed by atoms with Crippen LogP contribution in [-0.4, -0.2) is 48.6 Å². The van der Waals surface area contributed by atoms with Crippen molar-refractivity contribution in [3.05, 3.63) is 17.8 Å². The molecule has 1 saturated heterocycles. The third-order valence-electron chi connectivity index (χ3n) is 3.24. The topological polar surface area (TPSA) is 70.2 Å². The van der Waals surface area contributed by atoms with Gasteiger partial charge in [-0.15, -0.1) is 0 Å². The van der Waals surface area contributed by atoms with Gasteiger partial charge in [-0.3, -0.25) is 4.79 Å². The summed E-state index contributed by atoms with van der Waals surface area (Å²) in [5, 5.41) is 5.73. The van der Waals surface area contributed by atoms with Crippen LogP contribution in [0.3, 0.4) is 0 Å². The number of hydrogen-bond donors (Lipinski definition) is 2. The van der Waals surface area contributed by atoms with Gasteiger partial charge in [-0.25, -0.2) is 14.4 Å². The summed E-state index contributed by atoms with van der Waals surface area (Å²) in [6.45, 7) is 3.54. The standard InChI is InChI=1S/C12H18FN5O/c1-3-8-10(13)11(17-7-16-8)18-5-4-15-6-9(18)12(19)14-2/h7,9,15H,3-6H2,1-2H3,(H,14,19). The molecule has 1 aromatic rings. The van der Waals surface area contributed by atoms with Crippen molar-refractivity contribution in [2.45, 2.75) is 19.4 Å². The predicted molar refractivity (Wildman–Crippen MR) is 69.4 cm³/mol. The molecule has 104 valence electrons. The number of amides is 1. The van der Waals surface area contributed by atoms with Crippen LogP contribution < -0.4 is 15.5 Å². The SMILES string of the molecule is CCc1ncnc(N2CCNCC2C(=O)NC)c1F. The van der Waals surface area contributed by atoms with Crippen LogP contribution in [0.25, 0.3) is 0 Å². The molecule has 1 atom stereocenters. The number of halogens is 1. The summed E-state index contributed by atoms with van der Waals surface area (Å²) >= 11 is 0. The van der Waals surface area contributed by atoms with Crippen molar-refractivity contribution in [2.75, 3.05) is 31.6 Å². The van der Waals surface area contributed by atoms with Crippen molar-refractivity contribution in [1.29, 1.82) is 0 Å². The Bertz CT molecular complexity index is 467. The van der Waals surface area contributed by atoms with Crippen LogP contribution in [0, 0.1) is 5.82 Å². The normalized spacial score (nSPS) is 19.3. The lowest BCUT2D eigenvalue weighted by molar-refractivity contribution is -0.122. The van der Waals surface area contributed by atoms with Gasteiger partial charge in [-0.2, -0.15) is 0 Å². The van der Waals surface area contributed by atoms with Gasteiger partial charge >= 0.3 is 0 Å². The van der Waals surface area contributed by atoms with Crippen LogP contribution in [0.1, 0.15) is 12.6 Å². The van der Waals surface area contributed by atoms with Gasteiger partial charge in [0.2, 0.25) is 5.91 Å². The second-order valence-electron chi connectivity index (χ2n) is 4.34. The zero-order chi connectivity index (χ0) is 13.8. The molecule has 1 unspecified atom stereocenters. The number of rotatable bonds is 3. The fourth-order valence-electron chi connectivity index (χ4n) is 2.20. The van der Waals surface area contributed by atoms with Crippen LogP contribution in [0.4, 0.5) is 10.2 Å². The van der Waals surface area contributed by atoms with Gasteiger partial charge < -0.3 is 15.5 Å². The average Bonchev–Trinajstić information content (AvgIpc) is 2.47. The molecule has 0 bridgehead atoms. The first kappa shape index (κ1) is 13.7. The number of carbonyl (C=O) groups is 1. The molecule has 6 nitrogen and oxygen atoms in total. The van der Waals surface area contributed by atoms with E-state index < -0.39 is 11.9 Å². The number of anilines is 1. The summed E-state index contributed by atoms with van der Waals surface area (Å²) in [6.07, 6.45) is 1.85. The number of likely N-dealkylation sites (N-methyl/N-ethyl adjacent to an activating group) is 1. The Morgan fingerprint density at radius 2 is 2.42 bits per heavy atom. The van der Waals surface area contributed by atoms with Crippen LogP contribution >= 0.6 is 0 Å². The van der Waals surface area contributed by atoms with Crippen molar-refractivity contribution in [1.82, 2.24) is 20.6 Å². The molecule has 19 heavy (non-hydrogen) atoms. The molecule has 2 heterocycles. The smallest absolute Gasteiger partial charge is 0.243 e. The summed E-state index contributed by atoms with van der Waals surface area (Å²) in [4.78, 5) is 21.5. The van der Waals surface area contributed by atoms with Gasteiger partial charge in [0.25, 0.3) is 0 Å². The number of piperazine rings is 1. The van der Waals surface area contributed by atoms with Gasteiger partial charge in [0.1, 0.15) is 12.4 Å². The van der Waals surface area contributed by atoms with E-state index in [4.69, 9.17) is 0 Å². The molecule has 2 N–H and O–H groups in total. The van der Waals surface area contributed by atoms with Gasteiger partial charge in [0.15, 0.2) is 11.6 Å². The zero-order valence-electron chi connectivity index (χ0n) is 11.1. The number of carbonyl (C=O) groups excluding carboxylic acids is 1. The molecule has 0 radical (unpaired) electrons. The maximum atomic E-state index is 14.3. The molecule has 0 aromatic carbocycles. The van der Waals surface area contributed by atoms with Crippen LogP contribution in [0.5, 0.6) is 0 Å². The van der Waals surface area contributed by atoms with E-state index in [2.05, 4.69) is 20.6 Å². The average molecular weight is 267 g/mol. The summed E-state index contributed by atoms with van der Waals surface area (Å²) < 4.78 is 14.3. The molecule has 1 aliphatic heterocycles. The Morgan fingerprint density at radius 1 is 1.63 bits per heavy atom. The molecule has 1 aromatic heterocycles. The Morgan fingerprint density at radius 3 is 3.11 bits per heavy atom. The summed E-state index contributed by atoms with van der Waals surface area (Å²) in [5.74, 6) is -0.369. The molecule has 2 rings (SSSR count). The first-order valence-corrected chi connectivity index (χ1v) is 6.37. The molecule has 0 saturated carbocycles. The van der Waals surface area contributed by atoms with Crippen molar-refractivity contribution >= 4 is 11.7 Å². The molecular formula is C12H18FN5O. The minimum absolute atomic E-state index is 0.150. The Balaban J connectivity index is 2.35.